The summed E-state index contributed by atoms with van der Waals surface area (Å²) >= 11 is 0. The van der Waals surface area contributed by atoms with Crippen molar-refractivity contribution in [2.75, 3.05) is 0 Å². The van der Waals surface area contributed by atoms with Crippen LogP contribution in [0, 0.1) is 12.8 Å². The number of aryl methyl sites for hydroxylation is 1. The molecule has 0 spiro atoms. The SMILES string of the molecule is Cc1nccc(CC2CC2)n1. The topological polar surface area (TPSA) is 25.8 Å². The van der Waals surface area contributed by atoms with Crippen LogP contribution >= 0.6 is 0 Å². The van der Waals surface area contributed by atoms with E-state index >= 15 is 0 Å². The molecule has 0 atom stereocenters. The summed E-state index contributed by atoms with van der Waals surface area (Å²) in [7, 11) is 0. The summed E-state index contributed by atoms with van der Waals surface area (Å²) in [6.07, 6.45) is 5.79. The molecule has 1 aromatic rings. The fourth-order valence-electron chi connectivity index (χ4n) is 1.24. The number of hydrogen-bond acceptors (Lipinski definition) is 2. The van der Waals surface area contributed by atoms with E-state index in [1.807, 2.05) is 19.2 Å². The zero-order chi connectivity index (χ0) is 7.68. The summed E-state index contributed by atoms with van der Waals surface area (Å²) in [5, 5.41) is 0. The Morgan fingerprint density at radius 3 is 3.00 bits per heavy atom. The number of rotatable bonds is 2. The molecule has 0 bridgehead atoms. The molecule has 1 aliphatic carbocycles. The fourth-order valence-corrected chi connectivity index (χ4v) is 1.24. The molecule has 0 amide bonds. The average molecular weight is 148 g/mol. The van der Waals surface area contributed by atoms with Gasteiger partial charge in [0, 0.05) is 11.9 Å². The van der Waals surface area contributed by atoms with Crippen LogP contribution < -0.4 is 0 Å². The molecule has 0 saturated heterocycles. The van der Waals surface area contributed by atoms with E-state index in [1.54, 1.807) is 0 Å². The highest BCUT2D eigenvalue weighted by atomic mass is 14.9. The maximum Gasteiger partial charge on any atom is 0.125 e. The van der Waals surface area contributed by atoms with Gasteiger partial charge in [0.25, 0.3) is 0 Å². The second kappa shape index (κ2) is 2.61. The first-order chi connectivity index (χ1) is 5.34. The van der Waals surface area contributed by atoms with Crippen LogP contribution in [0.25, 0.3) is 0 Å². The Kier molecular flexibility index (Phi) is 1.60. The van der Waals surface area contributed by atoms with E-state index in [0.29, 0.717) is 0 Å². The molecule has 0 aromatic carbocycles. The summed E-state index contributed by atoms with van der Waals surface area (Å²) in [6.45, 7) is 1.94. The molecule has 2 nitrogen and oxygen atoms in total. The first-order valence-corrected chi connectivity index (χ1v) is 4.13. The van der Waals surface area contributed by atoms with Gasteiger partial charge in [-0.1, -0.05) is 0 Å². The van der Waals surface area contributed by atoms with Gasteiger partial charge >= 0.3 is 0 Å². The van der Waals surface area contributed by atoms with E-state index in [9.17, 15) is 0 Å². The van der Waals surface area contributed by atoms with Crippen molar-refractivity contribution in [3.63, 3.8) is 0 Å². The lowest BCUT2D eigenvalue weighted by Gasteiger charge is -1.97. The fraction of sp³-hybridized carbons (Fsp3) is 0.556. The predicted octanol–water partition coefficient (Wildman–Crippen LogP) is 1.74. The highest BCUT2D eigenvalue weighted by Gasteiger charge is 2.21. The molecule has 1 saturated carbocycles. The maximum absolute atomic E-state index is 4.34. The second-order valence-corrected chi connectivity index (χ2v) is 3.24. The van der Waals surface area contributed by atoms with Gasteiger partial charge in [-0.25, -0.2) is 9.97 Å². The summed E-state index contributed by atoms with van der Waals surface area (Å²) in [6, 6.07) is 2.02. The van der Waals surface area contributed by atoms with Crippen LogP contribution in [0.5, 0.6) is 0 Å². The highest BCUT2D eigenvalue weighted by molar-refractivity contribution is 5.04. The van der Waals surface area contributed by atoms with Crippen molar-refractivity contribution in [2.45, 2.75) is 26.2 Å². The normalized spacial score (nSPS) is 16.8. The van der Waals surface area contributed by atoms with E-state index in [4.69, 9.17) is 0 Å². The lowest BCUT2D eigenvalue weighted by Crippen LogP contribution is -1.95. The van der Waals surface area contributed by atoms with Gasteiger partial charge in [-0.2, -0.15) is 0 Å². The molecular formula is C9H12N2. The van der Waals surface area contributed by atoms with Crippen LogP contribution in [0.4, 0.5) is 0 Å². The molecule has 0 radical (unpaired) electrons. The van der Waals surface area contributed by atoms with Crippen molar-refractivity contribution < 1.29 is 0 Å². The van der Waals surface area contributed by atoms with E-state index in [2.05, 4.69) is 9.97 Å². The third kappa shape index (κ3) is 1.76. The Balaban J connectivity index is 2.10. The molecule has 2 heteroatoms. The number of nitrogens with zero attached hydrogens (tertiary/aromatic N) is 2. The lowest BCUT2D eigenvalue weighted by molar-refractivity contribution is 0.790. The molecule has 58 valence electrons. The van der Waals surface area contributed by atoms with Crippen LogP contribution in [0.3, 0.4) is 0 Å². The van der Waals surface area contributed by atoms with Crippen molar-refractivity contribution in [1.82, 2.24) is 9.97 Å². The summed E-state index contributed by atoms with van der Waals surface area (Å²) in [5.74, 6) is 1.81. The number of aromatic nitrogens is 2. The minimum Gasteiger partial charge on any atom is -0.242 e. The Hall–Kier alpha value is -0.920. The largest absolute Gasteiger partial charge is 0.242 e. The van der Waals surface area contributed by atoms with Crippen molar-refractivity contribution in [3.8, 4) is 0 Å². The molecule has 2 rings (SSSR count). The third-order valence-corrected chi connectivity index (χ3v) is 2.03. The van der Waals surface area contributed by atoms with E-state index < -0.39 is 0 Å². The van der Waals surface area contributed by atoms with E-state index in [1.165, 1.54) is 18.5 Å². The molecule has 1 aliphatic rings. The smallest absolute Gasteiger partial charge is 0.125 e. The van der Waals surface area contributed by atoms with Crippen molar-refractivity contribution in [3.05, 3.63) is 23.8 Å². The van der Waals surface area contributed by atoms with Gasteiger partial charge in [0.1, 0.15) is 5.82 Å². The van der Waals surface area contributed by atoms with Gasteiger partial charge in [-0.05, 0) is 38.2 Å². The summed E-state index contributed by atoms with van der Waals surface area (Å²) in [4.78, 5) is 8.40. The lowest BCUT2D eigenvalue weighted by atomic mass is 10.2. The van der Waals surface area contributed by atoms with Crippen LogP contribution in [-0.2, 0) is 6.42 Å². The Morgan fingerprint density at radius 2 is 2.36 bits per heavy atom. The summed E-state index contributed by atoms with van der Waals surface area (Å²) in [5.41, 5.74) is 1.21. The molecule has 0 aliphatic heterocycles. The summed E-state index contributed by atoms with van der Waals surface area (Å²) < 4.78 is 0. The molecular weight excluding hydrogens is 136 g/mol. The maximum atomic E-state index is 4.34. The second-order valence-electron chi connectivity index (χ2n) is 3.24. The van der Waals surface area contributed by atoms with Crippen molar-refractivity contribution in [2.24, 2.45) is 5.92 Å². The highest BCUT2D eigenvalue weighted by Crippen LogP contribution is 2.31. The van der Waals surface area contributed by atoms with Gasteiger partial charge in [-0.3, -0.25) is 0 Å². The van der Waals surface area contributed by atoms with Crippen molar-refractivity contribution in [1.29, 1.82) is 0 Å². The quantitative estimate of drug-likeness (QED) is 0.638. The van der Waals surface area contributed by atoms with Gasteiger partial charge in [0.05, 0.1) is 0 Å². The first-order valence-electron chi connectivity index (χ1n) is 4.13. The Morgan fingerprint density at radius 1 is 1.55 bits per heavy atom. The molecule has 1 fully saturated rings. The van der Waals surface area contributed by atoms with Crippen LogP contribution in [0.1, 0.15) is 24.4 Å². The third-order valence-electron chi connectivity index (χ3n) is 2.03. The van der Waals surface area contributed by atoms with Crippen LogP contribution in [0.15, 0.2) is 12.3 Å². The average Bonchev–Trinajstić information content (AvgIpc) is 2.71. The van der Waals surface area contributed by atoms with E-state index in [0.717, 1.165) is 18.2 Å². The minimum atomic E-state index is 0.892. The molecule has 0 N–H and O–H groups in total. The predicted molar refractivity (Wildman–Crippen MR) is 43.2 cm³/mol. The molecule has 1 aromatic heterocycles. The molecule has 11 heavy (non-hydrogen) atoms. The van der Waals surface area contributed by atoms with Crippen LogP contribution in [-0.4, -0.2) is 9.97 Å². The zero-order valence-electron chi connectivity index (χ0n) is 6.75. The Labute approximate surface area is 66.7 Å². The van der Waals surface area contributed by atoms with E-state index in [-0.39, 0.29) is 0 Å². The van der Waals surface area contributed by atoms with Gasteiger partial charge in [-0.15, -0.1) is 0 Å². The van der Waals surface area contributed by atoms with Gasteiger partial charge in [0.15, 0.2) is 0 Å². The monoisotopic (exact) mass is 148 g/mol. The van der Waals surface area contributed by atoms with Crippen molar-refractivity contribution >= 4 is 0 Å². The van der Waals surface area contributed by atoms with Gasteiger partial charge < -0.3 is 0 Å². The zero-order valence-corrected chi connectivity index (χ0v) is 6.75. The molecule has 0 unspecified atom stereocenters. The number of hydrogen-bond donors (Lipinski definition) is 0. The Bertz CT molecular complexity index is 253. The standard InChI is InChI=1S/C9H12N2/c1-7-10-5-4-9(11-7)6-8-2-3-8/h4-5,8H,2-3,6H2,1H3. The van der Waals surface area contributed by atoms with Crippen LogP contribution in [0.2, 0.25) is 0 Å². The molecule has 1 heterocycles. The van der Waals surface area contributed by atoms with Gasteiger partial charge in [0.2, 0.25) is 0 Å². The minimum absolute atomic E-state index is 0.892. The first kappa shape index (κ1) is 6.77.